The average molecular weight is 1770 g/mol. The van der Waals surface area contributed by atoms with E-state index in [0.29, 0.717) is 11.8 Å². The van der Waals surface area contributed by atoms with Crippen molar-refractivity contribution in [3.63, 3.8) is 0 Å². The normalized spacial score (nSPS) is 12.3. The number of hydrogen-bond donors (Lipinski definition) is 0. The second-order valence-corrected chi connectivity index (χ2v) is 36.2. The van der Waals surface area contributed by atoms with Crippen molar-refractivity contribution < 1.29 is 8.83 Å². The molecule has 8 aromatic heterocycles. The minimum Gasteiger partial charge on any atom is -0.455 e. The van der Waals surface area contributed by atoms with Crippen molar-refractivity contribution in [1.29, 1.82) is 0 Å². The summed E-state index contributed by atoms with van der Waals surface area (Å²) in [6.45, 7) is 4.58. The van der Waals surface area contributed by atoms with Crippen molar-refractivity contribution >= 4 is 137 Å². The largest absolute Gasteiger partial charge is 0.455 e. The number of pyridine rings is 1. The molecule has 19 aromatic carbocycles. The van der Waals surface area contributed by atoms with Crippen LogP contribution >= 0.6 is 0 Å². The Kier molecular flexibility index (Phi) is 19.4. The van der Waals surface area contributed by atoms with E-state index in [9.17, 15) is 0 Å². The Labute approximate surface area is 794 Å². The number of fused-ring (bicyclic) bond motifs is 19. The predicted octanol–water partition coefficient (Wildman–Crippen LogP) is 33.7. The van der Waals surface area contributed by atoms with Crippen LogP contribution in [0.3, 0.4) is 0 Å². The van der Waals surface area contributed by atoms with E-state index in [2.05, 4.69) is 446 Å². The fourth-order valence-corrected chi connectivity index (χ4v) is 20.8. The number of aromatic nitrogens is 8. The second kappa shape index (κ2) is 33.2. The number of benzene rings is 19. The van der Waals surface area contributed by atoms with Crippen LogP contribution in [0.5, 0.6) is 0 Å². The van der Waals surface area contributed by atoms with Gasteiger partial charge in [0.2, 0.25) is 11.7 Å². The van der Waals surface area contributed by atoms with E-state index in [1.807, 2.05) is 54.6 Å². The molecule has 0 saturated carbocycles. The zero-order chi connectivity index (χ0) is 91.5. The number of hydrogen-bond acceptors (Lipinski definition) is 7. The molecular weight excluding hydrogens is 1680 g/mol. The molecule has 0 aliphatic heterocycles. The number of nitrogens with zero attached hydrogens (tertiary/aromatic N) is 8. The molecule has 0 N–H and O–H groups in total. The van der Waals surface area contributed by atoms with Crippen molar-refractivity contribution in [2.75, 3.05) is 0 Å². The van der Waals surface area contributed by atoms with Gasteiger partial charge in [-0.3, -0.25) is 9.13 Å². The molecule has 0 bridgehead atoms. The Bertz CT molecular complexity index is 9470. The van der Waals surface area contributed by atoms with Gasteiger partial charge in [0, 0.05) is 116 Å². The van der Waals surface area contributed by atoms with Crippen LogP contribution in [0.4, 0.5) is 0 Å². The summed E-state index contributed by atoms with van der Waals surface area (Å²) < 4.78 is 20.6. The Morgan fingerprint density at radius 2 is 0.790 bits per heavy atom. The summed E-state index contributed by atoms with van der Waals surface area (Å²) >= 11 is 0. The van der Waals surface area contributed by atoms with Gasteiger partial charge in [-0.05, 0) is 151 Å². The molecule has 138 heavy (non-hydrogen) atoms. The molecule has 0 amide bonds. The molecule has 0 atom stereocenters. The first-order valence-corrected chi connectivity index (χ1v) is 46.9. The van der Waals surface area contributed by atoms with Gasteiger partial charge in [0.25, 0.3) is 0 Å². The summed E-state index contributed by atoms with van der Waals surface area (Å²) in [6, 6.07) is 160. The topological polar surface area (TPSA) is 106 Å². The predicted molar refractivity (Wildman–Crippen MR) is 572 cm³/mol. The molecule has 0 saturated heterocycles. The zero-order valence-corrected chi connectivity index (χ0v) is 75.4. The van der Waals surface area contributed by atoms with Gasteiger partial charge in [-0.25, -0.2) is 24.9 Å². The zero-order valence-electron chi connectivity index (χ0n) is 75.4. The van der Waals surface area contributed by atoms with Crippen LogP contribution in [0.1, 0.15) is 25.0 Å². The van der Waals surface area contributed by atoms with E-state index in [1.54, 1.807) is 0 Å². The van der Waals surface area contributed by atoms with Crippen LogP contribution in [-0.4, -0.2) is 38.6 Å². The first-order valence-electron chi connectivity index (χ1n) is 46.9. The maximum absolute atomic E-state index is 7.02. The highest BCUT2D eigenvalue weighted by Crippen LogP contribution is 2.51. The molecule has 1 aliphatic carbocycles. The monoisotopic (exact) mass is 1760 g/mol. The highest BCUT2D eigenvalue weighted by molar-refractivity contribution is 6.26. The second-order valence-electron chi connectivity index (χ2n) is 36.2. The minimum atomic E-state index is -0.0606. The average Bonchev–Trinajstić information content (AvgIpc) is 1.56. The van der Waals surface area contributed by atoms with Crippen LogP contribution in [0.2, 0.25) is 0 Å². The molecule has 0 fully saturated rings. The molecule has 8 heterocycles. The van der Waals surface area contributed by atoms with Crippen molar-refractivity contribution in [3.8, 4) is 118 Å². The fourth-order valence-electron chi connectivity index (χ4n) is 20.8. The molecule has 28 rings (SSSR count). The third-order valence-corrected chi connectivity index (χ3v) is 27.5. The quantitative estimate of drug-likeness (QED) is 0.120. The number of allylic oxidation sites excluding steroid dienone is 1. The Balaban J connectivity index is 0.000000107. The first kappa shape index (κ1) is 80.6. The lowest BCUT2D eigenvalue weighted by Crippen LogP contribution is -2.11. The molecule has 648 valence electrons. The highest BCUT2D eigenvalue weighted by atomic mass is 16.3. The maximum Gasteiger partial charge on any atom is 0.235 e. The number of rotatable bonds is 12. The van der Waals surface area contributed by atoms with Gasteiger partial charge >= 0.3 is 0 Å². The van der Waals surface area contributed by atoms with Gasteiger partial charge < -0.3 is 13.4 Å². The van der Waals surface area contributed by atoms with E-state index in [0.717, 1.165) is 172 Å². The van der Waals surface area contributed by atoms with E-state index in [1.165, 1.54) is 76.4 Å². The van der Waals surface area contributed by atoms with Crippen molar-refractivity contribution in [3.05, 3.63) is 478 Å². The summed E-state index contributed by atoms with van der Waals surface area (Å²) in [5.74, 6) is 1.36. The van der Waals surface area contributed by atoms with Crippen LogP contribution < -0.4 is 0 Å². The summed E-state index contributed by atoms with van der Waals surface area (Å²) in [4.78, 5) is 25.7. The van der Waals surface area contributed by atoms with E-state index in [4.69, 9.17) is 33.8 Å². The summed E-state index contributed by atoms with van der Waals surface area (Å²) in [7, 11) is 0. The lowest BCUT2D eigenvalue weighted by Gasteiger charge is -2.19. The van der Waals surface area contributed by atoms with Gasteiger partial charge in [-0.2, -0.15) is 0 Å². The van der Waals surface area contributed by atoms with E-state index >= 15 is 0 Å². The molecule has 0 unspecified atom stereocenters. The van der Waals surface area contributed by atoms with Crippen molar-refractivity contribution in [2.24, 2.45) is 0 Å². The Morgan fingerprint density at radius 3 is 1.51 bits per heavy atom. The molecule has 10 nitrogen and oxygen atoms in total. The molecule has 10 heteroatoms. The molecule has 0 radical (unpaired) electrons. The van der Waals surface area contributed by atoms with Gasteiger partial charge in [-0.15, -0.1) is 0 Å². The molecular formula is C128H84N8O2. The molecule has 27 aromatic rings. The maximum atomic E-state index is 7.02. The Hall–Kier alpha value is -18.3. The van der Waals surface area contributed by atoms with Crippen LogP contribution in [0.25, 0.3) is 255 Å². The van der Waals surface area contributed by atoms with Crippen LogP contribution in [0, 0.1) is 0 Å². The molecule has 0 spiro atoms. The van der Waals surface area contributed by atoms with Crippen molar-refractivity contribution in [1.82, 2.24) is 38.6 Å². The van der Waals surface area contributed by atoms with Crippen LogP contribution in [0.15, 0.2) is 476 Å². The van der Waals surface area contributed by atoms with Gasteiger partial charge in [0.15, 0.2) is 5.82 Å². The summed E-state index contributed by atoms with van der Waals surface area (Å²) in [6.07, 6.45) is 6.69. The summed E-state index contributed by atoms with van der Waals surface area (Å²) in [5, 5.41) is 17.5. The first-order chi connectivity index (χ1) is 68.2. The van der Waals surface area contributed by atoms with E-state index < -0.39 is 0 Å². The van der Waals surface area contributed by atoms with Gasteiger partial charge in [0.1, 0.15) is 16.7 Å². The highest BCUT2D eigenvalue weighted by Gasteiger charge is 2.32. The molecule has 1 aliphatic rings. The minimum absolute atomic E-state index is 0.0606. The van der Waals surface area contributed by atoms with Gasteiger partial charge in [-0.1, -0.05) is 390 Å². The fraction of sp³-hybridized carbons (Fsp3) is 0.0234. The SMILES string of the molecule is CC1(C)C=Cc2c1cc1c(oc3c(-c4cc(-c5ccccc5)nc(-c5ccc(-c6ccccc6)cc5)c4)cccc31)c2-c1ccccc1.c1ccc(-c2cc(-c3cccc(-n4c5ccccc5c5c6ccc7ccccc7c6oc54)c3)nc(-c3ccccc3)n2)cc1.c1ccc(-n2c3cc4c(ccn4-c4nc(-c5cccc6ccccc56)c5ccccc5n4)cc3c3c4ccccc4ccc32)cc1. The summed E-state index contributed by atoms with van der Waals surface area (Å²) in [5.41, 5.74) is 31.4. The third kappa shape index (κ3) is 13.9. The Morgan fingerprint density at radius 1 is 0.261 bits per heavy atom. The van der Waals surface area contributed by atoms with Gasteiger partial charge in [0.05, 0.1) is 61.4 Å². The van der Waals surface area contributed by atoms with Crippen LogP contribution in [-0.2, 0) is 5.41 Å². The number of para-hydroxylation sites is 4. The smallest absolute Gasteiger partial charge is 0.235 e. The lowest BCUT2D eigenvalue weighted by molar-refractivity contribution is 0.649. The lowest BCUT2D eigenvalue weighted by atomic mass is 9.83. The van der Waals surface area contributed by atoms with E-state index in [-0.39, 0.29) is 5.41 Å². The van der Waals surface area contributed by atoms with Crippen molar-refractivity contribution in [2.45, 2.75) is 19.3 Å². The standard InChI is InChI=1S/C46H33NO.C42H26N4.C40H25N3O/c1-46(2)26-25-38-40(46)29-39-37-20-12-19-36(44(37)48-45(39)43(38)34-17-10-5-11-18-34)35-27-41(32-15-8-4-9-16-32)47-42(28-35)33-23-21-31(22-24-33)30-13-6-3-7-14-30;1-2-14-30(15-3-1)46-37-22-21-28-12-5-7-17-32(28)40(37)35-25-29-23-24-45(38(29)26-39(35)46)42-43-36-20-9-8-18-34(36)41(44-42)33-19-10-13-27-11-4-6-16-31(27)33;1-3-13-27(14-4-1)34-25-35(42-39(41-34)28-15-5-2-6-16-28)29-17-11-18-30(24-29)43-36-21-10-9-20-32(36)37-33-23-22-26-12-7-8-19-31(26)38(33)44-40(37)43/h3-29H,1-2H3;1-26H;1-25H. The third-order valence-electron chi connectivity index (χ3n) is 27.5. The number of furan rings is 2.